The van der Waals surface area contributed by atoms with Crippen LogP contribution in [0, 0.1) is 6.92 Å². The molecule has 3 aromatic rings. The Hall–Kier alpha value is -3.41. The predicted octanol–water partition coefficient (Wildman–Crippen LogP) is 7.05. The van der Waals surface area contributed by atoms with E-state index in [9.17, 15) is 35.9 Å². The predicted molar refractivity (Wildman–Crippen MR) is 118 cm³/mol. The maximum Gasteiger partial charge on any atom is 0.416 e. The molecule has 5 nitrogen and oxygen atoms in total. The number of aromatic nitrogens is 1. The summed E-state index contributed by atoms with van der Waals surface area (Å²) in [6, 6.07) is 5.53. The summed E-state index contributed by atoms with van der Waals surface area (Å²) in [5.74, 6) is 0. The quantitative estimate of drug-likeness (QED) is 0.263. The monoisotopic (exact) mass is 528 g/mol. The van der Waals surface area contributed by atoms with Crippen LogP contribution < -0.4 is 0 Å². The number of alkyl halides is 6. The molecule has 4 rings (SSSR count). The lowest BCUT2D eigenvalue weighted by Gasteiger charge is -2.23. The van der Waals surface area contributed by atoms with Crippen molar-refractivity contribution in [1.29, 1.82) is 0 Å². The average molecular weight is 528 g/mol. The number of rotatable bonds is 5. The van der Waals surface area contributed by atoms with Crippen LogP contribution in [0.4, 0.5) is 31.1 Å². The van der Waals surface area contributed by atoms with Crippen LogP contribution in [-0.4, -0.2) is 28.3 Å². The second kappa shape index (κ2) is 9.23. The van der Waals surface area contributed by atoms with Crippen molar-refractivity contribution in [2.45, 2.75) is 44.9 Å². The molecule has 1 saturated heterocycles. The molecule has 1 aliphatic heterocycles. The van der Waals surface area contributed by atoms with Crippen LogP contribution in [0.2, 0.25) is 0 Å². The molecule has 0 N–H and O–H groups in total. The van der Waals surface area contributed by atoms with Gasteiger partial charge in [-0.3, -0.25) is 9.69 Å². The average Bonchev–Trinajstić information content (AvgIpc) is 3.37. The summed E-state index contributed by atoms with van der Waals surface area (Å²) in [4.78, 5) is 29.0. The maximum atomic E-state index is 13.4. The molecule has 0 aliphatic carbocycles. The van der Waals surface area contributed by atoms with E-state index in [2.05, 4.69) is 4.98 Å². The number of hydrogen-bond acceptors (Lipinski definition) is 5. The van der Waals surface area contributed by atoms with Gasteiger partial charge in [0, 0.05) is 10.9 Å². The van der Waals surface area contributed by atoms with Gasteiger partial charge in [-0.2, -0.15) is 26.3 Å². The van der Waals surface area contributed by atoms with Crippen molar-refractivity contribution >= 4 is 23.7 Å². The molecule has 1 fully saturated rings. The Labute approximate surface area is 205 Å². The van der Waals surface area contributed by atoms with E-state index in [0.29, 0.717) is 17.4 Å². The number of halogens is 6. The van der Waals surface area contributed by atoms with Gasteiger partial charge in [-0.05, 0) is 49.2 Å². The van der Waals surface area contributed by atoms with E-state index in [-0.39, 0.29) is 28.4 Å². The first-order chi connectivity index (χ1) is 16.8. The second-order valence-electron chi connectivity index (χ2n) is 8.37. The summed E-state index contributed by atoms with van der Waals surface area (Å²) in [5.41, 5.74) is -0.898. The Balaban J connectivity index is 1.70. The molecule has 2 atom stereocenters. The fraction of sp³-hybridized carbons (Fsp3) is 0.292. The summed E-state index contributed by atoms with van der Waals surface area (Å²) in [6.07, 6.45) is -10.7. The zero-order valence-corrected chi connectivity index (χ0v) is 19.6. The van der Waals surface area contributed by atoms with Gasteiger partial charge in [0.1, 0.15) is 16.8 Å². The number of aryl methyl sites for hydroxylation is 1. The summed E-state index contributed by atoms with van der Waals surface area (Å²) in [5, 5.41) is 1.73. The molecule has 2 aromatic carbocycles. The Morgan fingerprint density at radius 2 is 1.75 bits per heavy atom. The number of carbonyl (C=O) groups excluding carboxylic acids is 2. The molecular formula is C24H18F6N2O3S. The van der Waals surface area contributed by atoms with Gasteiger partial charge in [0.25, 0.3) is 0 Å². The second-order valence-corrected chi connectivity index (χ2v) is 9.23. The lowest BCUT2D eigenvalue weighted by Crippen LogP contribution is -2.31. The summed E-state index contributed by atoms with van der Waals surface area (Å²) < 4.78 is 85.6. The molecule has 0 bridgehead atoms. The van der Waals surface area contributed by atoms with Crippen LogP contribution in [0.1, 0.15) is 51.3 Å². The third kappa shape index (κ3) is 5.08. The standard InChI is InChI=1S/C24H18F6N2O3S/c1-12-5-14(7-17(6-12)24(28,29)30)20-13(2)32(22(34)35-20)9-15-8-16(23(25,26)27)3-4-19(15)21-31-18(10-33)11-36-21/h3-8,10-11,13,20H,9H2,1-2H3/t13-,20-/m0/s1. The van der Waals surface area contributed by atoms with Crippen molar-refractivity contribution in [3.05, 3.63) is 75.3 Å². The number of ether oxygens (including phenoxy) is 1. The summed E-state index contributed by atoms with van der Waals surface area (Å²) in [7, 11) is 0. The van der Waals surface area contributed by atoms with Gasteiger partial charge in [-0.25, -0.2) is 9.78 Å². The smallest absolute Gasteiger partial charge is 0.416 e. The minimum atomic E-state index is -4.65. The number of hydrogen-bond donors (Lipinski definition) is 0. The lowest BCUT2D eigenvalue weighted by molar-refractivity contribution is -0.138. The summed E-state index contributed by atoms with van der Waals surface area (Å²) >= 11 is 1.05. The Kier molecular flexibility index (Phi) is 6.58. The molecule has 1 aromatic heterocycles. The van der Waals surface area contributed by atoms with Gasteiger partial charge in [-0.15, -0.1) is 11.3 Å². The highest BCUT2D eigenvalue weighted by molar-refractivity contribution is 7.13. The molecule has 190 valence electrons. The van der Waals surface area contributed by atoms with E-state index >= 15 is 0 Å². The van der Waals surface area contributed by atoms with Crippen molar-refractivity contribution in [3.8, 4) is 10.6 Å². The van der Waals surface area contributed by atoms with Crippen LogP contribution in [0.15, 0.2) is 41.8 Å². The summed E-state index contributed by atoms with van der Waals surface area (Å²) in [6.45, 7) is 2.71. The van der Waals surface area contributed by atoms with E-state index in [1.807, 2.05) is 0 Å². The van der Waals surface area contributed by atoms with Gasteiger partial charge in [0.15, 0.2) is 6.29 Å². The molecule has 0 unspecified atom stereocenters. The Morgan fingerprint density at radius 1 is 1.06 bits per heavy atom. The number of thiazole rings is 1. The van der Waals surface area contributed by atoms with Crippen LogP contribution in [-0.2, 0) is 23.6 Å². The van der Waals surface area contributed by atoms with E-state index in [1.54, 1.807) is 6.92 Å². The molecule has 0 saturated carbocycles. The van der Waals surface area contributed by atoms with Gasteiger partial charge in [0.05, 0.1) is 23.7 Å². The first kappa shape index (κ1) is 25.7. The third-order valence-corrected chi connectivity index (χ3v) is 6.69. The number of amides is 1. The number of carbonyl (C=O) groups is 2. The van der Waals surface area contributed by atoms with Gasteiger partial charge in [-0.1, -0.05) is 17.7 Å². The van der Waals surface area contributed by atoms with Crippen molar-refractivity contribution in [3.63, 3.8) is 0 Å². The van der Waals surface area contributed by atoms with Crippen LogP contribution in [0.25, 0.3) is 10.6 Å². The SMILES string of the molecule is Cc1cc([C@H]2OC(=O)N(Cc3cc(C(F)(F)F)ccc3-c3nc(C=O)cs3)[C@H]2C)cc(C(F)(F)F)c1. The molecule has 1 amide bonds. The first-order valence-corrected chi connectivity index (χ1v) is 11.4. The topological polar surface area (TPSA) is 59.5 Å². The van der Waals surface area contributed by atoms with E-state index in [1.165, 1.54) is 24.4 Å². The molecule has 0 radical (unpaired) electrons. The van der Waals surface area contributed by atoms with E-state index in [0.717, 1.165) is 40.5 Å². The number of aldehydes is 1. The molecule has 0 spiro atoms. The van der Waals surface area contributed by atoms with Crippen molar-refractivity contribution in [2.75, 3.05) is 0 Å². The normalized spacial score (nSPS) is 18.4. The van der Waals surface area contributed by atoms with Gasteiger partial charge >= 0.3 is 18.4 Å². The number of cyclic esters (lactones) is 1. The van der Waals surface area contributed by atoms with E-state index < -0.39 is 41.7 Å². The maximum absolute atomic E-state index is 13.4. The number of benzene rings is 2. The molecular weight excluding hydrogens is 510 g/mol. The zero-order chi connectivity index (χ0) is 26.4. The highest BCUT2D eigenvalue weighted by Crippen LogP contribution is 2.40. The molecule has 12 heteroatoms. The van der Waals surface area contributed by atoms with Gasteiger partial charge in [0.2, 0.25) is 0 Å². The fourth-order valence-corrected chi connectivity index (χ4v) is 4.88. The highest BCUT2D eigenvalue weighted by atomic mass is 32.1. The minimum Gasteiger partial charge on any atom is -0.439 e. The third-order valence-electron chi connectivity index (χ3n) is 5.79. The largest absolute Gasteiger partial charge is 0.439 e. The molecule has 1 aliphatic rings. The van der Waals surface area contributed by atoms with E-state index in [4.69, 9.17) is 4.74 Å². The Bertz CT molecular complexity index is 1320. The zero-order valence-electron chi connectivity index (χ0n) is 18.8. The van der Waals surface area contributed by atoms with Crippen molar-refractivity contribution < 1.29 is 40.7 Å². The van der Waals surface area contributed by atoms with Crippen LogP contribution in [0.3, 0.4) is 0 Å². The Morgan fingerprint density at radius 3 is 2.36 bits per heavy atom. The fourth-order valence-electron chi connectivity index (χ4n) is 4.06. The minimum absolute atomic E-state index is 0.0984. The van der Waals surface area contributed by atoms with Crippen molar-refractivity contribution in [2.24, 2.45) is 0 Å². The molecule has 36 heavy (non-hydrogen) atoms. The highest BCUT2D eigenvalue weighted by Gasteiger charge is 2.42. The van der Waals surface area contributed by atoms with Crippen LogP contribution >= 0.6 is 11.3 Å². The first-order valence-electron chi connectivity index (χ1n) is 10.5. The van der Waals surface area contributed by atoms with Crippen LogP contribution in [0.5, 0.6) is 0 Å². The number of nitrogens with zero attached hydrogens (tertiary/aromatic N) is 2. The van der Waals surface area contributed by atoms with Gasteiger partial charge < -0.3 is 4.74 Å². The lowest BCUT2D eigenvalue weighted by atomic mass is 9.97. The van der Waals surface area contributed by atoms with Crippen molar-refractivity contribution in [1.82, 2.24) is 9.88 Å². The molecule has 2 heterocycles.